The number of thiazole rings is 1. The summed E-state index contributed by atoms with van der Waals surface area (Å²) in [7, 11) is 0. The Hall–Kier alpha value is -1.92. The van der Waals surface area contributed by atoms with Gasteiger partial charge in [-0.05, 0) is 37.4 Å². The van der Waals surface area contributed by atoms with Gasteiger partial charge >= 0.3 is 6.09 Å². The van der Waals surface area contributed by atoms with E-state index in [-0.39, 0.29) is 0 Å². The number of ether oxygens (including phenoxy) is 1. The van der Waals surface area contributed by atoms with Gasteiger partial charge in [-0.25, -0.2) is 9.78 Å². The monoisotopic (exact) mass is 343 g/mol. The normalized spacial score (nSPS) is 25.4. The Balaban J connectivity index is 1.35. The molecule has 24 heavy (non-hydrogen) atoms. The number of piperidine rings is 3. The number of hydrogen-bond acceptors (Lipinski definition) is 5. The van der Waals surface area contributed by atoms with Gasteiger partial charge in [-0.3, -0.25) is 5.32 Å². The van der Waals surface area contributed by atoms with Gasteiger partial charge in [0.25, 0.3) is 0 Å². The Labute approximate surface area is 145 Å². The molecule has 3 saturated heterocycles. The Morgan fingerprint density at radius 1 is 1.29 bits per heavy atom. The van der Waals surface area contributed by atoms with E-state index in [1.54, 1.807) is 5.51 Å². The number of benzene rings is 1. The first kappa shape index (κ1) is 15.6. The molecule has 6 heteroatoms. The molecule has 1 atom stereocenters. The zero-order valence-electron chi connectivity index (χ0n) is 13.5. The van der Waals surface area contributed by atoms with Crippen LogP contribution < -0.4 is 5.32 Å². The van der Waals surface area contributed by atoms with Crippen molar-refractivity contribution in [3.63, 3.8) is 0 Å². The van der Waals surface area contributed by atoms with Crippen molar-refractivity contribution >= 4 is 23.2 Å². The van der Waals surface area contributed by atoms with Crippen molar-refractivity contribution < 1.29 is 9.53 Å². The van der Waals surface area contributed by atoms with E-state index in [1.165, 1.54) is 37.3 Å². The maximum Gasteiger partial charge on any atom is 0.412 e. The summed E-state index contributed by atoms with van der Waals surface area (Å²) in [6.45, 7) is 3.96. The van der Waals surface area contributed by atoms with E-state index in [1.807, 2.05) is 30.3 Å². The number of carbonyl (C=O) groups excluding carboxylic acids is 1. The molecule has 2 aromatic rings. The number of aromatic nitrogens is 1. The molecule has 1 N–H and O–H groups in total. The third-order valence-electron chi connectivity index (χ3n) is 5.04. The largest absolute Gasteiger partial charge is 0.449 e. The highest BCUT2D eigenvalue weighted by Gasteiger charge is 2.34. The van der Waals surface area contributed by atoms with Crippen molar-refractivity contribution in [2.45, 2.75) is 12.8 Å². The van der Waals surface area contributed by atoms with E-state index >= 15 is 0 Å². The number of nitrogens with one attached hydrogen (secondary N) is 1. The lowest BCUT2D eigenvalue weighted by Crippen LogP contribution is -2.49. The van der Waals surface area contributed by atoms with Crippen LogP contribution >= 0.6 is 11.3 Å². The van der Waals surface area contributed by atoms with Gasteiger partial charge < -0.3 is 9.64 Å². The van der Waals surface area contributed by atoms with E-state index in [9.17, 15) is 4.79 Å². The zero-order chi connectivity index (χ0) is 16.4. The topological polar surface area (TPSA) is 54.5 Å². The van der Waals surface area contributed by atoms with Crippen molar-refractivity contribution in [1.29, 1.82) is 0 Å². The van der Waals surface area contributed by atoms with E-state index in [4.69, 9.17) is 4.74 Å². The summed E-state index contributed by atoms with van der Waals surface area (Å²) in [6, 6.07) is 9.95. The number of rotatable bonds is 4. The average Bonchev–Trinajstić information content (AvgIpc) is 3.10. The zero-order valence-corrected chi connectivity index (χ0v) is 14.3. The maximum absolute atomic E-state index is 12.2. The second-order valence-corrected chi connectivity index (χ2v) is 7.37. The van der Waals surface area contributed by atoms with Gasteiger partial charge in [0.1, 0.15) is 0 Å². The lowest BCUT2D eigenvalue weighted by atomic mass is 9.79. The van der Waals surface area contributed by atoms with Crippen LogP contribution in [0.2, 0.25) is 0 Å². The molecule has 2 bridgehead atoms. The highest BCUT2D eigenvalue weighted by Crippen LogP contribution is 2.33. The molecule has 5 rings (SSSR count). The first-order chi connectivity index (χ1) is 11.8. The Morgan fingerprint density at radius 3 is 2.79 bits per heavy atom. The minimum atomic E-state index is -0.408. The summed E-state index contributed by atoms with van der Waals surface area (Å²) in [5, 5.41) is 2.80. The predicted octanol–water partition coefficient (Wildman–Crippen LogP) is 3.70. The summed E-state index contributed by atoms with van der Waals surface area (Å²) in [5.41, 5.74) is 2.79. The van der Waals surface area contributed by atoms with Gasteiger partial charge in [0.2, 0.25) is 0 Å². The van der Waals surface area contributed by atoms with E-state index in [2.05, 4.69) is 15.2 Å². The van der Waals surface area contributed by atoms with Crippen LogP contribution in [0.3, 0.4) is 0 Å². The van der Waals surface area contributed by atoms with Crippen LogP contribution in [0.5, 0.6) is 0 Å². The van der Waals surface area contributed by atoms with Gasteiger partial charge in [-0.1, -0.05) is 30.3 Å². The van der Waals surface area contributed by atoms with E-state index < -0.39 is 6.09 Å². The number of carbonyl (C=O) groups is 1. The molecule has 3 fully saturated rings. The lowest BCUT2D eigenvalue weighted by molar-refractivity contribution is 0.0151. The van der Waals surface area contributed by atoms with Gasteiger partial charge in [0.15, 0.2) is 5.82 Å². The number of anilines is 1. The smallest absolute Gasteiger partial charge is 0.412 e. The van der Waals surface area contributed by atoms with Crippen molar-refractivity contribution in [3.8, 4) is 10.4 Å². The predicted molar refractivity (Wildman–Crippen MR) is 95.2 cm³/mol. The standard InChI is InChI=1S/C18H21N3O2S/c22-18(23-11-15-10-21-8-6-13(15)7-9-21)20-17-16(24-12-19-17)14-4-2-1-3-5-14/h1-5,12-13,15H,6-11H2,(H,20,22). The fourth-order valence-corrected chi connectivity index (χ4v) is 4.47. The highest BCUT2D eigenvalue weighted by molar-refractivity contribution is 7.13. The molecule has 3 aliphatic rings. The maximum atomic E-state index is 12.2. The van der Waals surface area contributed by atoms with Crippen LogP contribution in [-0.2, 0) is 4.74 Å². The second-order valence-electron chi connectivity index (χ2n) is 6.52. The molecule has 0 saturated carbocycles. The van der Waals surface area contributed by atoms with Crippen molar-refractivity contribution in [2.24, 2.45) is 11.8 Å². The Morgan fingerprint density at radius 2 is 2.08 bits per heavy atom. The van der Waals surface area contributed by atoms with Gasteiger partial charge in [-0.15, -0.1) is 11.3 Å². The highest BCUT2D eigenvalue weighted by atomic mass is 32.1. The Bertz CT molecular complexity index is 695. The molecule has 0 spiro atoms. The summed E-state index contributed by atoms with van der Waals surface area (Å²) >= 11 is 1.51. The third-order valence-corrected chi connectivity index (χ3v) is 5.92. The molecule has 0 radical (unpaired) electrons. The summed E-state index contributed by atoms with van der Waals surface area (Å²) in [4.78, 5) is 19.9. The van der Waals surface area contributed by atoms with Gasteiger partial charge in [0.05, 0.1) is 17.0 Å². The second kappa shape index (κ2) is 6.91. The molecule has 126 valence electrons. The van der Waals surface area contributed by atoms with Gasteiger partial charge in [-0.2, -0.15) is 0 Å². The molecular weight excluding hydrogens is 322 g/mol. The first-order valence-electron chi connectivity index (χ1n) is 8.44. The fraction of sp³-hybridized carbons (Fsp3) is 0.444. The molecule has 4 heterocycles. The van der Waals surface area contributed by atoms with Crippen LogP contribution in [0.1, 0.15) is 12.8 Å². The van der Waals surface area contributed by atoms with Crippen LogP contribution in [-0.4, -0.2) is 42.2 Å². The summed E-state index contributed by atoms with van der Waals surface area (Å²) < 4.78 is 5.49. The van der Waals surface area contributed by atoms with Crippen molar-refractivity contribution in [1.82, 2.24) is 9.88 Å². The fourth-order valence-electron chi connectivity index (χ4n) is 3.72. The molecule has 3 aliphatic heterocycles. The van der Waals surface area contributed by atoms with Crippen molar-refractivity contribution in [2.75, 3.05) is 31.6 Å². The summed E-state index contributed by atoms with van der Waals surface area (Å²) in [5.74, 6) is 1.76. The summed E-state index contributed by atoms with van der Waals surface area (Å²) in [6.07, 6.45) is 2.06. The molecule has 0 aliphatic carbocycles. The number of amides is 1. The van der Waals surface area contributed by atoms with Crippen molar-refractivity contribution in [3.05, 3.63) is 35.8 Å². The molecule has 5 nitrogen and oxygen atoms in total. The van der Waals surface area contributed by atoms with E-state index in [0.29, 0.717) is 24.3 Å². The quantitative estimate of drug-likeness (QED) is 0.920. The Kier molecular flexibility index (Phi) is 4.49. The van der Waals surface area contributed by atoms with E-state index in [0.717, 1.165) is 17.0 Å². The van der Waals surface area contributed by atoms with Crippen LogP contribution in [0.15, 0.2) is 35.8 Å². The number of fused-ring (bicyclic) bond motifs is 3. The lowest BCUT2D eigenvalue weighted by Gasteiger charge is -2.44. The van der Waals surface area contributed by atoms with Gasteiger partial charge in [0, 0.05) is 12.5 Å². The number of nitrogens with zero attached hydrogens (tertiary/aromatic N) is 2. The average molecular weight is 343 g/mol. The third kappa shape index (κ3) is 3.30. The van der Waals surface area contributed by atoms with Crippen LogP contribution in [0.25, 0.3) is 10.4 Å². The van der Waals surface area contributed by atoms with Crippen LogP contribution in [0.4, 0.5) is 10.6 Å². The molecule has 1 aromatic heterocycles. The SMILES string of the molecule is O=C(Nc1ncsc1-c1ccccc1)OCC1CN2CCC1CC2. The number of hydrogen-bond donors (Lipinski definition) is 1. The minimum Gasteiger partial charge on any atom is -0.449 e. The molecular formula is C18H21N3O2S. The molecule has 1 aromatic carbocycles. The van der Waals surface area contributed by atoms with Crippen LogP contribution in [0, 0.1) is 11.8 Å². The molecule has 1 unspecified atom stereocenters. The first-order valence-corrected chi connectivity index (χ1v) is 9.32. The molecule has 1 amide bonds. The minimum absolute atomic E-state index is 0.408.